The minimum absolute atomic E-state index is 0.167. The number of nitrogens with zero attached hydrogens (tertiary/aromatic N) is 1. The average Bonchev–Trinajstić information content (AvgIpc) is 3.20. The fourth-order valence-electron chi connectivity index (χ4n) is 2.49. The van der Waals surface area contributed by atoms with Crippen LogP contribution in [0.25, 0.3) is 0 Å². The minimum Gasteiger partial charge on any atom is -0.396 e. The molecule has 1 heterocycles. The van der Waals surface area contributed by atoms with Gasteiger partial charge in [0.25, 0.3) is 10.2 Å². The first-order chi connectivity index (χ1) is 8.53. The molecule has 0 radical (unpaired) electrons. The third-order valence-electron chi connectivity index (χ3n) is 4.19. The number of aliphatic hydroxyl groups is 1. The van der Waals surface area contributed by atoms with Gasteiger partial charge in [-0.2, -0.15) is 12.7 Å². The lowest BCUT2D eigenvalue weighted by Gasteiger charge is -2.30. The van der Waals surface area contributed by atoms with Crippen LogP contribution in [-0.4, -0.2) is 44.1 Å². The molecule has 0 aromatic heterocycles. The number of rotatable bonds is 6. The van der Waals surface area contributed by atoms with Crippen LogP contribution in [0.4, 0.5) is 0 Å². The molecule has 0 amide bonds. The van der Waals surface area contributed by atoms with Gasteiger partial charge in [-0.25, -0.2) is 4.72 Å². The molecule has 2 rings (SSSR count). The van der Waals surface area contributed by atoms with Crippen LogP contribution in [0.5, 0.6) is 0 Å². The Balaban J connectivity index is 1.79. The maximum absolute atomic E-state index is 12.1. The van der Waals surface area contributed by atoms with Gasteiger partial charge < -0.3 is 5.11 Å². The zero-order valence-electron chi connectivity index (χ0n) is 11.0. The molecule has 1 saturated carbocycles. The number of nitrogens with one attached hydrogen (secondary N) is 1. The van der Waals surface area contributed by atoms with Gasteiger partial charge in [0.05, 0.1) is 0 Å². The molecule has 18 heavy (non-hydrogen) atoms. The van der Waals surface area contributed by atoms with E-state index in [9.17, 15) is 8.42 Å². The second-order valence-corrected chi connectivity index (χ2v) is 7.45. The van der Waals surface area contributed by atoms with Crippen molar-refractivity contribution in [2.75, 3.05) is 26.2 Å². The summed E-state index contributed by atoms with van der Waals surface area (Å²) in [5.41, 5.74) is 0. The van der Waals surface area contributed by atoms with E-state index in [2.05, 4.69) is 11.6 Å². The van der Waals surface area contributed by atoms with Crippen molar-refractivity contribution >= 4 is 10.2 Å². The third-order valence-corrected chi connectivity index (χ3v) is 5.76. The highest BCUT2D eigenvalue weighted by Crippen LogP contribution is 2.36. The predicted molar refractivity (Wildman–Crippen MR) is 70.2 cm³/mol. The van der Waals surface area contributed by atoms with E-state index in [-0.39, 0.29) is 12.5 Å². The molecular weight excluding hydrogens is 252 g/mol. The van der Waals surface area contributed by atoms with Gasteiger partial charge in [-0.05, 0) is 43.4 Å². The number of piperidine rings is 1. The van der Waals surface area contributed by atoms with E-state index in [0.717, 1.165) is 12.8 Å². The Morgan fingerprint density at radius 1 is 1.28 bits per heavy atom. The Morgan fingerprint density at radius 3 is 2.39 bits per heavy atom. The minimum atomic E-state index is -3.31. The molecule has 6 heteroatoms. The molecule has 1 aliphatic heterocycles. The smallest absolute Gasteiger partial charge is 0.279 e. The van der Waals surface area contributed by atoms with Gasteiger partial charge in [-0.1, -0.05) is 6.92 Å². The van der Waals surface area contributed by atoms with Crippen LogP contribution >= 0.6 is 0 Å². The molecule has 5 nitrogen and oxygen atoms in total. The summed E-state index contributed by atoms with van der Waals surface area (Å²) in [5, 5.41) is 9.04. The fraction of sp³-hybridized carbons (Fsp3) is 1.00. The van der Waals surface area contributed by atoms with Crippen molar-refractivity contribution in [2.24, 2.45) is 17.8 Å². The lowest BCUT2D eigenvalue weighted by Crippen LogP contribution is -2.46. The molecule has 2 aliphatic rings. The number of hydrogen-bond donors (Lipinski definition) is 2. The van der Waals surface area contributed by atoms with Crippen LogP contribution in [0.2, 0.25) is 0 Å². The van der Waals surface area contributed by atoms with E-state index in [1.807, 2.05) is 0 Å². The molecule has 1 atom stereocenters. The summed E-state index contributed by atoms with van der Waals surface area (Å²) >= 11 is 0. The summed E-state index contributed by atoms with van der Waals surface area (Å²) in [4.78, 5) is 0. The normalized spacial score (nSPS) is 25.2. The molecular formula is C12H24N2O3S. The van der Waals surface area contributed by atoms with Gasteiger partial charge in [0.15, 0.2) is 0 Å². The Bertz CT molecular complexity index is 360. The Labute approximate surface area is 110 Å². The zero-order valence-corrected chi connectivity index (χ0v) is 11.8. The van der Waals surface area contributed by atoms with Crippen molar-refractivity contribution in [1.82, 2.24) is 9.03 Å². The first-order valence-electron chi connectivity index (χ1n) is 6.88. The van der Waals surface area contributed by atoms with Crippen LogP contribution in [0.3, 0.4) is 0 Å². The van der Waals surface area contributed by atoms with E-state index in [4.69, 9.17) is 5.11 Å². The maximum Gasteiger partial charge on any atom is 0.279 e. The zero-order chi connectivity index (χ0) is 13.2. The highest BCUT2D eigenvalue weighted by Gasteiger charge is 2.31. The Morgan fingerprint density at radius 2 is 1.89 bits per heavy atom. The Hall–Kier alpha value is -0.170. The largest absolute Gasteiger partial charge is 0.396 e. The first kappa shape index (κ1) is 14.2. The number of hydrogen-bond acceptors (Lipinski definition) is 3. The molecule has 1 aliphatic carbocycles. The summed E-state index contributed by atoms with van der Waals surface area (Å²) in [6, 6.07) is 0. The van der Waals surface area contributed by atoms with Crippen LogP contribution in [0.1, 0.15) is 32.6 Å². The monoisotopic (exact) mass is 276 g/mol. The van der Waals surface area contributed by atoms with Gasteiger partial charge in [-0.3, -0.25) is 0 Å². The SMILES string of the molecule is CC(CNS(=O)(=O)N1CCC(CO)CC1)C1CC1. The van der Waals surface area contributed by atoms with Gasteiger partial charge >= 0.3 is 0 Å². The summed E-state index contributed by atoms with van der Waals surface area (Å²) in [7, 11) is -3.31. The lowest BCUT2D eigenvalue weighted by molar-refractivity contribution is 0.169. The quantitative estimate of drug-likeness (QED) is 0.745. The van der Waals surface area contributed by atoms with Crippen LogP contribution < -0.4 is 4.72 Å². The highest BCUT2D eigenvalue weighted by molar-refractivity contribution is 7.87. The van der Waals surface area contributed by atoms with Crippen molar-refractivity contribution in [3.8, 4) is 0 Å². The first-order valence-corrected chi connectivity index (χ1v) is 8.32. The molecule has 0 aromatic carbocycles. The second kappa shape index (κ2) is 5.86. The molecule has 1 unspecified atom stereocenters. The van der Waals surface area contributed by atoms with Crippen molar-refractivity contribution in [1.29, 1.82) is 0 Å². The maximum atomic E-state index is 12.1. The van der Waals surface area contributed by atoms with Gasteiger partial charge in [0, 0.05) is 26.2 Å². The standard InChI is InChI=1S/C12H24N2O3S/c1-10(12-2-3-12)8-13-18(16,17)14-6-4-11(9-15)5-7-14/h10-13,15H,2-9H2,1H3. The fourth-order valence-corrected chi connectivity index (χ4v) is 3.84. The predicted octanol–water partition coefficient (Wildman–Crippen LogP) is 0.571. The molecule has 0 bridgehead atoms. The third kappa shape index (κ3) is 3.66. The van der Waals surface area contributed by atoms with Crippen molar-refractivity contribution in [3.63, 3.8) is 0 Å². The van der Waals surface area contributed by atoms with Crippen LogP contribution in [-0.2, 0) is 10.2 Å². The van der Waals surface area contributed by atoms with E-state index in [1.165, 1.54) is 17.1 Å². The van der Waals surface area contributed by atoms with Crippen LogP contribution in [0, 0.1) is 17.8 Å². The van der Waals surface area contributed by atoms with Crippen molar-refractivity contribution < 1.29 is 13.5 Å². The van der Waals surface area contributed by atoms with E-state index in [0.29, 0.717) is 31.5 Å². The van der Waals surface area contributed by atoms with Gasteiger partial charge in [-0.15, -0.1) is 0 Å². The molecule has 0 aromatic rings. The van der Waals surface area contributed by atoms with E-state index in [1.54, 1.807) is 0 Å². The van der Waals surface area contributed by atoms with Crippen molar-refractivity contribution in [3.05, 3.63) is 0 Å². The summed E-state index contributed by atoms with van der Waals surface area (Å²) in [5.74, 6) is 1.42. The molecule has 106 valence electrons. The second-order valence-electron chi connectivity index (χ2n) is 5.69. The number of aliphatic hydroxyl groups excluding tert-OH is 1. The average molecular weight is 276 g/mol. The van der Waals surface area contributed by atoms with Crippen LogP contribution in [0.15, 0.2) is 0 Å². The molecule has 0 spiro atoms. The van der Waals surface area contributed by atoms with Gasteiger partial charge in [0.2, 0.25) is 0 Å². The van der Waals surface area contributed by atoms with E-state index < -0.39 is 10.2 Å². The topological polar surface area (TPSA) is 69.6 Å². The molecule has 1 saturated heterocycles. The van der Waals surface area contributed by atoms with Crippen molar-refractivity contribution in [2.45, 2.75) is 32.6 Å². The van der Waals surface area contributed by atoms with Gasteiger partial charge in [0.1, 0.15) is 0 Å². The van der Waals surface area contributed by atoms with E-state index >= 15 is 0 Å². The summed E-state index contributed by atoms with van der Waals surface area (Å²) in [6.07, 6.45) is 4.00. The summed E-state index contributed by atoms with van der Waals surface area (Å²) < 4.78 is 28.4. The molecule has 2 fully saturated rings. The lowest BCUT2D eigenvalue weighted by atomic mass is 10.00. The molecule has 2 N–H and O–H groups in total. The highest BCUT2D eigenvalue weighted by atomic mass is 32.2. The Kier molecular flexibility index (Phi) is 4.64. The summed E-state index contributed by atoms with van der Waals surface area (Å²) in [6.45, 7) is 3.88.